The van der Waals surface area contributed by atoms with Crippen LogP contribution in [0.3, 0.4) is 0 Å². The minimum absolute atomic E-state index is 0.722. The number of rotatable bonds is 4. The van der Waals surface area contributed by atoms with Gasteiger partial charge in [-0.25, -0.2) is 0 Å². The maximum Gasteiger partial charge on any atom is 0.0492 e. The van der Waals surface area contributed by atoms with Gasteiger partial charge in [0.15, 0.2) is 0 Å². The zero-order valence-electron chi connectivity index (χ0n) is 11.3. The lowest BCUT2D eigenvalue weighted by atomic mass is 9.76. The maximum absolute atomic E-state index is 4.24. The van der Waals surface area contributed by atoms with Crippen LogP contribution in [-0.4, -0.2) is 22.9 Å². The van der Waals surface area contributed by atoms with Crippen LogP contribution in [0.5, 0.6) is 0 Å². The summed E-state index contributed by atoms with van der Waals surface area (Å²) < 4.78 is 2.00. The predicted octanol–water partition coefficient (Wildman–Crippen LogP) is 2.38. The fraction of sp³-hybridized carbons (Fsp3) is 0.786. The van der Waals surface area contributed by atoms with Gasteiger partial charge in [-0.15, -0.1) is 0 Å². The summed E-state index contributed by atoms with van der Waals surface area (Å²) in [6, 6.07) is 2.86. The molecular formula is C14H25N3. The number of hydrogen-bond donors (Lipinski definition) is 1. The van der Waals surface area contributed by atoms with E-state index in [0.717, 1.165) is 24.3 Å². The molecule has 2 rings (SSSR count). The second kappa shape index (κ2) is 5.67. The molecule has 3 unspecified atom stereocenters. The Hall–Kier alpha value is -0.830. The summed E-state index contributed by atoms with van der Waals surface area (Å²) in [5, 5.41) is 7.73. The van der Waals surface area contributed by atoms with Crippen LogP contribution in [0.2, 0.25) is 0 Å². The average molecular weight is 235 g/mol. The molecule has 1 aliphatic rings. The van der Waals surface area contributed by atoms with Crippen LogP contribution in [0.1, 0.15) is 38.3 Å². The highest BCUT2D eigenvalue weighted by Gasteiger charge is 2.27. The van der Waals surface area contributed by atoms with Crippen molar-refractivity contribution in [2.75, 3.05) is 7.05 Å². The van der Waals surface area contributed by atoms with E-state index in [9.17, 15) is 0 Å². The molecular weight excluding hydrogens is 210 g/mol. The van der Waals surface area contributed by atoms with Gasteiger partial charge in [-0.2, -0.15) is 5.10 Å². The van der Waals surface area contributed by atoms with E-state index >= 15 is 0 Å². The number of aromatic nitrogens is 2. The van der Waals surface area contributed by atoms with E-state index in [1.165, 1.54) is 31.4 Å². The molecule has 0 radical (unpaired) electrons. The van der Waals surface area contributed by atoms with E-state index in [0.29, 0.717) is 0 Å². The summed E-state index contributed by atoms with van der Waals surface area (Å²) in [5.41, 5.74) is 1.36. The van der Waals surface area contributed by atoms with Gasteiger partial charge in [0.05, 0.1) is 0 Å². The number of nitrogens with zero attached hydrogens (tertiary/aromatic N) is 2. The molecule has 0 aromatic carbocycles. The summed E-state index contributed by atoms with van der Waals surface area (Å²) in [6.45, 7) is 2.39. The van der Waals surface area contributed by atoms with Crippen molar-refractivity contribution in [2.24, 2.45) is 18.9 Å². The molecule has 17 heavy (non-hydrogen) atoms. The van der Waals surface area contributed by atoms with E-state index in [-0.39, 0.29) is 0 Å². The third kappa shape index (κ3) is 3.09. The van der Waals surface area contributed by atoms with Crippen molar-refractivity contribution in [3.05, 3.63) is 18.0 Å². The lowest BCUT2D eigenvalue weighted by Crippen LogP contribution is -2.38. The van der Waals surface area contributed by atoms with Crippen LogP contribution in [0.25, 0.3) is 0 Å². The van der Waals surface area contributed by atoms with Crippen molar-refractivity contribution in [2.45, 2.75) is 45.1 Å². The highest BCUT2D eigenvalue weighted by atomic mass is 15.2. The summed E-state index contributed by atoms with van der Waals surface area (Å²) in [7, 11) is 4.14. The Kier molecular flexibility index (Phi) is 4.21. The Morgan fingerprint density at radius 3 is 2.94 bits per heavy atom. The molecule has 0 saturated heterocycles. The second-order valence-electron chi connectivity index (χ2n) is 5.56. The zero-order valence-corrected chi connectivity index (χ0v) is 11.3. The van der Waals surface area contributed by atoms with Gasteiger partial charge in [-0.05, 0) is 57.1 Å². The largest absolute Gasteiger partial charge is 0.317 e. The molecule has 3 atom stereocenters. The number of aryl methyl sites for hydroxylation is 2. The van der Waals surface area contributed by atoms with E-state index in [1.54, 1.807) is 0 Å². The van der Waals surface area contributed by atoms with Crippen molar-refractivity contribution >= 4 is 0 Å². The Bertz CT molecular complexity index is 345. The van der Waals surface area contributed by atoms with Gasteiger partial charge in [-0.3, -0.25) is 4.68 Å². The minimum atomic E-state index is 0.722. The van der Waals surface area contributed by atoms with Gasteiger partial charge >= 0.3 is 0 Å². The van der Waals surface area contributed by atoms with Gasteiger partial charge in [0.1, 0.15) is 0 Å². The highest BCUT2D eigenvalue weighted by molar-refractivity contribution is 5.00. The topological polar surface area (TPSA) is 29.9 Å². The molecule has 1 N–H and O–H groups in total. The molecule has 0 aliphatic heterocycles. The minimum Gasteiger partial charge on any atom is -0.317 e. The molecule has 0 bridgehead atoms. The van der Waals surface area contributed by atoms with Crippen LogP contribution < -0.4 is 5.32 Å². The van der Waals surface area contributed by atoms with Crippen molar-refractivity contribution in [3.8, 4) is 0 Å². The lowest BCUT2D eigenvalue weighted by Gasteiger charge is -2.34. The van der Waals surface area contributed by atoms with E-state index in [1.807, 2.05) is 17.9 Å². The van der Waals surface area contributed by atoms with Crippen LogP contribution >= 0.6 is 0 Å². The molecule has 1 aliphatic carbocycles. The van der Waals surface area contributed by atoms with Gasteiger partial charge in [0, 0.05) is 25.0 Å². The van der Waals surface area contributed by atoms with E-state index in [4.69, 9.17) is 0 Å². The monoisotopic (exact) mass is 235 g/mol. The van der Waals surface area contributed by atoms with Crippen molar-refractivity contribution in [1.82, 2.24) is 15.1 Å². The maximum atomic E-state index is 4.24. The third-order valence-electron chi connectivity index (χ3n) is 4.31. The summed E-state index contributed by atoms with van der Waals surface area (Å²) in [4.78, 5) is 0. The molecule has 1 heterocycles. The summed E-state index contributed by atoms with van der Waals surface area (Å²) >= 11 is 0. The quantitative estimate of drug-likeness (QED) is 0.868. The van der Waals surface area contributed by atoms with Crippen LogP contribution in [0.15, 0.2) is 12.3 Å². The zero-order chi connectivity index (χ0) is 12.3. The number of nitrogens with one attached hydrogen (secondary N) is 1. The van der Waals surface area contributed by atoms with Gasteiger partial charge < -0.3 is 5.32 Å². The van der Waals surface area contributed by atoms with Gasteiger partial charge in [0.2, 0.25) is 0 Å². The SMILES string of the molecule is CNC1CCC(C)CC1CCc1ccnn1C. The first-order valence-electron chi connectivity index (χ1n) is 6.85. The highest BCUT2D eigenvalue weighted by Crippen LogP contribution is 2.31. The second-order valence-corrected chi connectivity index (χ2v) is 5.56. The lowest BCUT2D eigenvalue weighted by molar-refractivity contribution is 0.210. The molecule has 1 saturated carbocycles. The molecule has 3 nitrogen and oxygen atoms in total. The van der Waals surface area contributed by atoms with Crippen LogP contribution in [0.4, 0.5) is 0 Å². The third-order valence-corrected chi connectivity index (χ3v) is 4.31. The molecule has 0 spiro atoms. The Balaban J connectivity index is 1.90. The normalized spacial score (nSPS) is 29.5. The molecule has 3 heteroatoms. The van der Waals surface area contributed by atoms with Gasteiger partial charge in [-0.1, -0.05) is 6.92 Å². The van der Waals surface area contributed by atoms with Crippen molar-refractivity contribution in [3.63, 3.8) is 0 Å². The average Bonchev–Trinajstić information content (AvgIpc) is 2.72. The summed E-state index contributed by atoms with van der Waals surface area (Å²) in [6.07, 6.45) is 8.45. The molecule has 1 aromatic rings. The first kappa shape index (κ1) is 12.6. The smallest absolute Gasteiger partial charge is 0.0492 e. The van der Waals surface area contributed by atoms with Crippen molar-refractivity contribution < 1.29 is 0 Å². The fourth-order valence-electron chi connectivity index (χ4n) is 3.18. The molecule has 0 amide bonds. The molecule has 96 valence electrons. The van der Waals surface area contributed by atoms with E-state index in [2.05, 4.69) is 30.5 Å². The van der Waals surface area contributed by atoms with Crippen molar-refractivity contribution in [1.29, 1.82) is 0 Å². The summed E-state index contributed by atoms with van der Waals surface area (Å²) in [5.74, 6) is 1.73. The molecule has 1 fully saturated rings. The number of hydrogen-bond acceptors (Lipinski definition) is 2. The van der Waals surface area contributed by atoms with Gasteiger partial charge in [0.25, 0.3) is 0 Å². The first-order valence-corrected chi connectivity index (χ1v) is 6.85. The van der Waals surface area contributed by atoms with Crippen LogP contribution in [-0.2, 0) is 13.5 Å². The molecule has 1 aromatic heterocycles. The first-order chi connectivity index (χ1) is 8.20. The fourth-order valence-corrected chi connectivity index (χ4v) is 3.18. The Morgan fingerprint density at radius 1 is 1.47 bits per heavy atom. The van der Waals surface area contributed by atoms with E-state index < -0.39 is 0 Å². The van der Waals surface area contributed by atoms with Crippen LogP contribution in [0, 0.1) is 11.8 Å². The Morgan fingerprint density at radius 2 is 2.29 bits per heavy atom. The predicted molar refractivity (Wildman–Crippen MR) is 70.9 cm³/mol. The standard InChI is InChI=1S/C14H25N3/c1-11-4-7-14(15-2)12(10-11)5-6-13-8-9-16-17(13)3/h8-9,11-12,14-15H,4-7,10H2,1-3H3. The Labute approximate surface area is 105 Å².